The van der Waals surface area contributed by atoms with Gasteiger partial charge in [0.25, 0.3) is 5.91 Å². The molecule has 2 N–H and O–H groups in total. The van der Waals surface area contributed by atoms with Crippen molar-refractivity contribution in [2.45, 2.75) is 26.7 Å². The fourth-order valence-corrected chi connectivity index (χ4v) is 2.70. The lowest BCUT2D eigenvalue weighted by molar-refractivity contribution is 0.0941. The summed E-state index contributed by atoms with van der Waals surface area (Å²) in [5.74, 6) is 0.0969. The van der Waals surface area contributed by atoms with Crippen LogP contribution in [0.25, 0.3) is 5.69 Å². The third kappa shape index (κ3) is 4.89. The molecule has 5 nitrogen and oxygen atoms in total. The summed E-state index contributed by atoms with van der Waals surface area (Å²) in [6.07, 6.45) is 4.53. The molecule has 0 bridgehead atoms. The molecule has 0 fully saturated rings. The van der Waals surface area contributed by atoms with E-state index in [9.17, 15) is 9.18 Å². The molecule has 24 heavy (non-hydrogen) atoms. The van der Waals surface area contributed by atoms with Gasteiger partial charge < -0.3 is 10.4 Å². The molecule has 0 aliphatic carbocycles. The van der Waals surface area contributed by atoms with Gasteiger partial charge in [0.1, 0.15) is 11.5 Å². The standard InChI is InChI=1S/C18H24FN3O2/c1-13(2)9-14(7-8-23)10-20-18(24)15-11-21-22(12-15)17-6-4-3-5-16(17)19/h3-6,11-14,23H,7-10H2,1-2H3,(H,20,24). The van der Waals surface area contributed by atoms with Crippen LogP contribution >= 0.6 is 0 Å². The van der Waals surface area contributed by atoms with Gasteiger partial charge in [0.05, 0.1) is 11.8 Å². The summed E-state index contributed by atoms with van der Waals surface area (Å²) in [5, 5.41) is 16.1. The average Bonchev–Trinajstić information content (AvgIpc) is 3.02. The smallest absolute Gasteiger partial charge is 0.254 e. The number of aliphatic hydroxyl groups is 1. The average molecular weight is 333 g/mol. The number of carbonyl (C=O) groups excluding carboxylic acids is 1. The third-order valence-corrected chi connectivity index (χ3v) is 3.84. The number of benzene rings is 1. The molecule has 0 saturated carbocycles. The maximum atomic E-state index is 13.8. The summed E-state index contributed by atoms with van der Waals surface area (Å²) in [4.78, 5) is 12.2. The summed E-state index contributed by atoms with van der Waals surface area (Å²) < 4.78 is 15.1. The SMILES string of the molecule is CC(C)CC(CCO)CNC(=O)c1cnn(-c2ccccc2F)c1. The zero-order valence-corrected chi connectivity index (χ0v) is 14.1. The molecule has 0 aliphatic rings. The van der Waals surface area contributed by atoms with Gasteiger partial charge in [-0.15, -0.1) is 0 Å². The molecular formula is C18H24FN3O2. The Morgan fingerprint density at radius 1 is 1.38 bits per heavy atom. The second-order valence-electron chi connectivity index (χ2n) is 6.34. The number of amides is 1. The van der Waals surface area contributed by atoms with Crippen LogP contribution in [-0.2, 0) is 0 Å². The van der Waals surface area contributed by atoms with Crippen molar-refractivity contribution in [2.24, 2.45) is 11.8 Å². The van der Waals surface area contributed by atoms with Gasteiger partial charge in [-0.25, -0.2) is 9.07 Å². The van der Waals surface area contributed by atoms with E-state index in [1.807, 2.05) is 0 Å². The minimum absolute atomic E-state index is 0.110. The number of halogens is 1. The Hall–Kier alpha value is -2.21. The van der Waals surface area contributed by atoms with Crippen molar-refractivity contribution in [1.82, 2.24) is 15.1 Å². The predicted molar refractivity (Wildman–Crippen MR) is 90.5 cm³/mol. The number of rotatable bonds is 8. The first-order valence-corrected chi connectivity index (χ1v) is 8.20. The van der Waals surface area contributed by atoms with E-state index in [0.717, 1.165) is 6.42 Å². The van der Waals surface area contributed by atoms with Crippen molar-refractivity contribution in [3.05, 3.63) is 48.0 Å². The summed E-state index contributed by atoms with van der Waals surface area (Å²) in [5.41, 5.74) is 0.681. The molecule has 0 spiro atoms. The van der Waals surface area contributed by atoms with E-state index in [-0.39, 0.29) is 18.4 Å². The van der Waals surface area contributed by atoms with Crippen LogP contribution in [0.2, 0.25) is 0 Å². The fraction of sp³-hybridized carbons (Fsp3) is 0.444. The van der Waals surface area contributed by atoms with Crippen molar-refractivity contribution in [2.75, 3.05) is 13.2 Å². The third-order valence-electron chi connectivity index (χ3n) is 3.84. The van der Waals surface area contributed by atoms with Crippen LogP contribution in [0, 0.1) is 17.7 Å². The minimum Gasteiger partial charge on any atom is -0.396 e. The second kappa shape index (κ2) is 8.59. The van der Waals surface area contributed by atoms with Gasteiger partial charge in [0, 0.05) is 19.3 Å². The van der Waals surface area contributed by atoms with E-state index < -0.39 is 5.82 Å². The lowest BCUT2D eigenvalue weighted by Crippen LogP contribution is -2.30. The molecule has 2 rings (SSSR count). The molecule has 1 heterocycles. The number of aromatic nitrogens is 2. The molecule has 2 aromatic rings. The van der Waals surface area contributed by atoms with E-state index in [4.69, 9.17) is 5.11 Å². The van der Waals surface area contributed by atoms with Gasteiger partial charge in [-0.05, 0) is 36.8 Å². The first kappa shape index (κ1) is 18.1. The zero-order chi connectivity index (χ0) is 17.5. The highest BCUT2D eigenvalue weighted by Crippen LogP contribution is 2.15. The van der Waals surface area contributed by atoms with E-state index >= 15 is 0 Å². The number of hydrogen-bond acceptors (Lipinski definition) is 3. The van der Waals surface area contributed by atoms with Gasteiger partial charge in [-0.1, -0.05) is 26.0 Å². The second-order valence-corrected chi connectivity index (χ2v) is 6.34. The number of nitrogens with zero attached hydrogens (tertiary/aromatic N) is 2. The maximum absolute atomic E-state index is 13.8. The lowest BCUT2D eigenvalue weighted by atomic mass is 9.94. The van der Waals surface area contributed by atoms with Gasteiger partial charge in [-0.3, -0.25) is 4.79 Å². The van der Waals surface area contributed by atoms with E-state index in [2.05, 4.69) is 24.3 Å². The van der Waals surface area contributed by atoms with Crippen molar-refractivity contribution >= 4 is 5.91 Å². The van der Waals surface area contributed by atoms with Gasteiger partial charge in [0.2, 0.25) is 0 Å². The fourth-order valence-electron chi connectivity index (χ4n) is 2.70. The van der Waals surface area contributed by atoms with Gasteiger partial charge >= 0.3 is 0 Å². The lowest BCUT2D eigenvalue weighted by Gasteiger charge is -2.18. The quantitative estimate of drug-likeness (QED) is 0.780. The number of para-hydroxylation sites is 1. The molecule has 0 saturated heterocycles. The molecule has 130 valence electrons. The summed E-state index contributed by atoms with van der Waals surface area (Å²) in [6, 6.07) is 6.27. The molecule has 6 heteroatoms. The number of hydrogen-bond donors (Lipinski definition) is 2. The van der Waals surface area contributed by atoms with Crippen LogP contribution in [-0.4, -0.2) is 33.9 Å². The van der Waals surface area contributed by atoms with E-state index in [1.165, 1.54) is 23.1 Å². The Morgan fingerprint density at radius 2 is 2.12 bits per heavy atom. The molecule has 1 atom stereocenters. The molecular weight excluding hydrogens is 309 g/mol. The Morgan fingerprint density at radius 3 is 2.79 bits per heavy atom. The molecule has 1 unspecified atom stereocenters. The van der Waals surface area contributed by atoms with Gasteiger partial charge in [0.15, 0.2) is 0 Å². The van der Waals surface area contributed by atoms with E-state index in [1.54, 1.807) is 18.2 Å². The Balaban J connectivity index is 1.99. The van der Waals surface area contributed by atoms with Crippen LogP contribution in [0.4, 0.5) is 4.39 Å². The highest BCUT2D eigenvalue weighted by Gasteiger charge is 2.15. The maximum Gasteiger partial charge on any atom is 0.254 e. The topological polar surface area (TPSA) is 67.2 Å². The van der Waals surface area contributed by atoms with Crippen molar-refractivity contribution in [3.63, 3.8) is 0 Å². The summed E-state index contributed by atoms with van der Waals surface area (Å²) in [7, 11) is 0. The molecule has 0 aliphatic heterocycles. The first-order chi connectivity index (χ1) is 11.5. The highest BCUT2D eigenvalue weighted by atomic mass is 19.1. The van der Waals surface area contributed by atoms with Crippen molar-refractivity contribution in [3.8, 4) is 5.69 Å². The van der Waals surface area contributed by atoms with Gasteiger partial charge in [-0.2, -0.15) is 5.10 Å². The Labute approximate surface area is 141 Å². The largest absolute Gasteiger partial charge is 0.396 e. The Bertz CT molecular complexity index is 670. The summed E-state index contributed by atoms with van der Waals surface area (Å²) in [6.45, 7) is 4.84. The molecule has 1 aromatic carbocycles. The van der Waals surface area contributed by atoms with Crippen LogP contribution in [0.1, 0.15) is 37.0 Å². The molecule has 1 amide bonds. The number of carbonyl (C=O) groups is 1. The van der Waals surface area contributed by atoms with E-state index in [0.29, 0.717) is 30.1 Å². The zero-order valence-electron chi connectivity index (χ0n) is 14.1. The van der Waals surface area contributed by atoms with Crippen molar-refractivity contribution in [1.29, 1.82) is 0 Å². The normalized spacial score (nSPS) is 12.4. The van der Waals surface area contributed by atoms with Crippen molar-refractivity contribution < 1.29 is 14.3 Å². The monoisotopic (exact) mass is 333 g/mol. The minimum atomic E-state index is -0.396. The molecule has 1 aromatic heterocycles. The van der Waals surface area contributed by atoms with Crippen LogP contribution in [0.15, 0.2) is 36.7 Å². The van der Waals surface area contributed by atoms with Crippen LogP contribution in [0.5, 0.6) is 0 Å². The number of nitrogens with one attached hydrogen (secondary N) is 1. The molecule has 0 radical (unpaired) electrons. The van der Waals surface area contributed by atoms with Crippen LogP contribution < -0.4 is 5.32 Å². The predicted octanol–water partition coefficient (Wildman–Crippen LogP) is 2.79. The Kier molecular flexibility index (Phi) is 6.49. The first-order valence-electron chi connectivity index (χ1n) is 8.20. The number of aliphatic hydroxyl groups excluding tert-OH is 1. The highest BCUT2D eigenvalue weighted by molar-refractivity contribution is 5.93. The summed E-state index contributed by atoms with van der Waals surface area (Å²) >= 11 is 0. The van der Waals surface area contributed by atoms with Crippen LogP contribution in [0.3, 0.4) is 0 Å².